The van der Waals surface area contributed by atoms with Crippen molar-refractivity contribution in [3.8, 4) is 17.0 Å². The second-order valence-corrected chi connectivity index (χ2v) is 11.8. The van der Waals surface area contributed by atoms with Crippen molar-refractivity contribution in [2.45, 2.75) is 69.9 Å². The molecule has 1 unspecified atom stereocenters. The highest BCUT2D eigenvalue weighted by atomic mass is 32.1. The maximum atomic E-state index is 14.4. The first kappa shape index (κ1) is 29.2. The molecule has 0 amide bonds. The predicted octanol–water partition coefficient (Wildman–Crippen LogP) is 8.43. The lowest BCUT2D eigenvalue weighted by Crippen LogP contribution is -2.22. The first-order valence-corrected chi connectivity index (χ1v) is 14.8. The van der Waals surface area contributed by atoms with E-state index in [9.17, 15) is 27.5 Å². The van der Waals surface area contributed by atoms with Crippen LogP contribution in [-0.4, -0.2) is 39.9 Å². The van der Waals surface area contributed by atoms with E-state index >= 15 is 0 Å². The number of alkyl halides is 3. The third-order valence-corrected chi connectivity index (χ3v) is 8.58. The number of carbonyl (C=O) groups is 1. The molecule has 2 saturated carbocycles. The van der Waals surface area contributed by atoms with Crippen LogP contribution in [0.2, 0.25) is 0 Å². The smallest absolute Gasteiger partial charge is 0.478 e. The Morgan fingerprint density at radius 1 is 1.21 bits per heavy atom. The molecule has 1 N–H and O–H groups in total. The fourth-order valence-corrected chi connectivity index (χ4v) is 6.04. The number of carboxylic acid groups (broad SMARTS) is 1. The normalized spacial score (nSPS) is 16.6. The summed E-state index contributed by atoms with van der Waals surface area (Å²) in [5, 5.41) is 13.6. The highest BCUT2D eigenvalue weighted by Gasteiger charge is 2.36. The fraction of sp³-hybridized carbons (Fsp3) is 0.400. The average Bonchev–Trinajstić information content (AvgIpc) is 3.54. The molecule has 0 spiro atoms. The Bertz CT molecular complexity index is 1660. The zero-order valence-corrected chi connectivity index (χ0v) is 23.6. The van der Waals surface area contributed by atoms with Gasteiger partial charge < -0.3 is 19.1 Å². The van der Waals surface area contributed by atoms with Gasteiger partial charge in [0.25, 0.3) is 0 Å². The van der Waals surface area contributed by atoms with Crippen molar-refractivity contribution in [3.63, 3.8) is 0 Å². The summed E-state index contributed by atoms with van der Waals surface area (Å²) in [5.74, 6) is -1.07. The summed E-state index contributed by atoms with van der Waals surface area (Å²) in [7, 11) is 0. The molecule has 1 atom stereocenters. The summed E-state index contributed by atoms with van der Waals surface area (Å²) in [6.07, 6.45) is 2.86. The highest BCUT2D eigenvalue weighted by Crippen LogP contribution is 2.46. The minimum atomic E-state index is -4.86. The molecule has 0 bridgehead atoms. The number of halogens is 4. The van der Waals surface area contributed by atoms with Gasteiger partial charge in [0.2, 0.25) is 5.13 Å². The first-order chi connectivity index (χ1) is 20.6. The molecule has 2 aromatic heterocycles. The van der Waals surface area contributed by atoms with Crippen molar-refractivity contribution in [1.29, 1.82) is 0 Å². The molecular weight excluding hydrogens is 590 g/mol. The number of carboxylic acids is 1. The second kappa shape index (κ2) is 12.0. The number of thiazole rings is 1. The monoisotopic (exact) mass is 617 g/mol. The molecule has 0 aliphatic heterocycles. The minimum Gasteiger partial charge on any atom is -0.478 e. The predicted molar refractivity (Wildman–Crippen MR) is 150 cm³/mol. The molecule has 13 heteroatoms. The largest absolute Gasteiger partial charge is 0.573 e. The van der Waals surface area contributed by atoms with E-state index in [2.05, 4.69) is 19.9 Å². The number of aliphatic imine (C=N–C) groups is 1. The number of fused-ring (bicyclic) bond motifs is 1. The van der Waals surface area contributed by atoms with E-state index in [4.69, 9.17) is 9.26 Å². The van der Waals surface area contributed by atoms with Crippen molar-refractivity contribution in [1.82, 2.24) is 10.1 Å². The van der Waals surface area contributed by atoms with E-state index < -0.39 is 18.1 Å². The molecule has 2 aliphatic carbocycles. The van der Waals surface area contributed by atoms with Gasteiger partial charge in [0, 0.05) is 29.7 Å². The zero-order valence-electron chi connectivity index (χ0n) is 22.8. The number of hydrogen-bond donors (Lipinski definition) is 1. The number of para-hydroxylation sites is 1. The van der Waals surface area contributed by atoms with Crippen LogP contribution in [0.15, 0.2) is 45.9 Å². The van der Waals surface area contributed by atoms with E-state index in [1.165, 1.54) is 24.3 Å². The van der Waals surface area contributed by atoms with E-state index in [1.54, 1.807) is 12.3 Å². The number of nitrogens with zero attached hydrogens (tertiary/aromatic N) is 3. The second-order valence-electron chi connectivity index (χ2n) is 10.8. The fourth-order valence-electron chi connectivity index (χ4n) is 5.15. The van der Waals surface area contributed by atoms with Crippen LogP contribution >= 0.6 is 11.3 Å². The third kappa shape index (κ3) is 6.88. The molecule has 0 saturated heterocycles. The van der Waals surface area contributed by atoms with E-state index in [-0.39, 0.29) is 51.8 Å². The van der Waals surface area contributed by atoms with Gasteiger partial charge in [0.05, 0.1) is 23.0 Å². The molecule has 6 rings (SSSR count). The number of rotatable bonds is 12. The Hall–Kier alpha value is -3.84. The molecule has 2 fully saturated rings. The SMILES string of the molecule is O=C(O)c1cc(F)c2nc(/N=C\CC(CC3CCC3)OCc3c(-c4ccccc4OC(F)(F)F)noc3C3CC3)sc2c1. The molecule has 43 heavy (non-hydrogen) atoms. The van der Waals surface area contributed by atoms with Gasteiger partial charge in [-0.15, -0.1) is 13.2 Å². The molecule has 2 heterocycles. The van der Waals surface area contributed by atoms with Gasteiger partial charge >= 0.3 is 12.3 Å². The van der Waals surface area contributed by atoms with Crippen LogP contribution in [0.3, 0.4) is 0 Å². The maximum absolute atomic E-state index is 14.4. The van der Waals surface area contributed by atoms with Crippen LogP contribution in [0.25, 0.3) is 21.5 Å². The van der Waals surface area contributed by atoms with Crippen LogP contribution in [0.4, 0.5) is 22.7 Å². The zero-order chi connectivity index (χ0) is 30.1. The summed E-state index contributed by atoms with van der Waals surface area (Å²) in [6, 6.07) is 8.13. The van der Waals surface area contributed by atoms with Crippen LogP contribution in [-0.2, 0) is 11.3 Å². The van der Waals surface area contributed by atoms with Crippen LogP contribution in [0.1, 0.15) is 72.5 Å². The molecule has 2 aromatic carbocycles. The Kier molecular flexibility index (Phi) is 8.19. The lowest BCUT2D eigenvalue weighted by molar-refractivity contribution is -0.274. The number of aromatic carboxylic acids is 1. The summed E-state index contributed by atoms with van der Waals surface area (Å²) < 4.78 is 70.4. The minimum absolute atomic E-state index is 0.0618. The van der Waals surface area contributed by atoms with Crippen molar-refractivity contribution < 1.29 is 41.5 Å². The summed E-state index contributed by atoms with van der Waals surface area (Å²) in [6.45, 7) is 0.0839. The highest BCUT2D eigenvalue weighted by molar-refractivity contribution is 7.22. The summed E-state index contributed by atoms with van der Waals surface area (Å²) in [5.41, 5.74) is 0.929. The van der Waals surface area contributed by atoms with Gasteiger partial charge in [-0.2, -0.15) is 0 Å². The average molecular weight is 618 g/mol. The van der Waals surface area contributed by atoms with Gasteiger partial charge in [-0.25, -0.2) is 19.2 Å². The Morgan fingerprint density at radius 3 is 2.70 bits per heavy atom. The Morgan fingerprint density at radius 2 is 2.00 bits per heavy atom. The standard InChI is InChI=1S/C30H27F4N3O5S/c31-22-13-18(28(38)39)14-24-26(22)36-29(43-24)35-11-10-19(12-16-4-3-5-16)40-15-21-25(37-42-27(21)17-8-9-17)20-6-1-2-7-23(20)41-30(32,33)34/h1-2,6-7,11,13-14,16-17,19H,3-5,8-10,12,15H2,(H,38,39)/b35-11-. The number of benzene rings is 2. The summed E-state index contributed by atoms with van der Waals surface area (Å²) in [4.78, 5) is 19.9. The van der Waals surface area contributed by atoms with Gasteiger partial charge in [0.15, 0.2) is 5.82 Å². The molecule has 226 valence electrons. The lowest BCUT2D eigenvalue weighted by atomic mass is 9.81. The maximum Gasteiger partial charge on any atom is 0.573 e. The van der Waals surface area contributed by atoms with Gasteiger partial charge in [-0.1, -0.05) is 47.9 Å². The van der Waals surface area contributed by atoms with Gasteiger partial charge in [0.1, 0.15) is 22.7 Å². The van der Waals surface area contributed by atoms with Crippen molar-refractivity contribution >= 4 is 38.9 Å². The van der Waals surface area contributed by atoms with Crippen LogP contribution in [0.5, 0.6) is 5.75 Å². The van der Waals surface area contributed by atoms with E-state index in [0.29, 0.717) is 28.4 Å². The number of ether oxygens (including phenoxy) is 2. The molecule has 4 aromatic rings. The number of aromatic nitrogens is 2. The molecule has 2 aliphatic rings. The first-order valence-electron chi connectivity index (χ1n) is 14.0. The quantitative estimate of drug-likeness (QED) is 0.126. The topological polar surface area (TPSA) is 107 Å². The molecular formula is C30H27F4N3O5S. The van der Waals surface area contributed by atoms with E-state index in [1.807, 2.05) is 0 Å². The van der Waals surface area contributed by atoms with Gasteiger partial charge in [-0.3, -0.25) is 0 Å². The van der Waals surface area contributed by atoms with Crippen LogP contribution in [0, 0.1) is 11.7 Å². The molecule has 8 nitrogen and oxygen atoms in total. The lowest BCUT2D eigenvalue weighted by Gasteiger charge is -2.29. The third-order valence-electron chi connectivity index (χ3n) is 7.67. The van der Waals surface area contributed by atoms with Crippen LogP contribution < -0.4 is 4.74 Å². The van der Waals surface area contributed by atoms with E-state index in [0.717, 1.165) is 55.9 Å². The van der Waals surface area contributed by atoms with Crippen molar-refractivity contribution in [2.24, 2.45) is 10.9 Å². The Balaban J connectivity index is 1.21. The van der Waals surface area contributed by atoms with Crippen molar-refractivity contribution in [3.05, 3.63) is 59.1 Å². The van der Waals surface area contributed by atoms with Crippen molar-refractivity contribution in [2.75, 3.05) is 0 Å². The summed E-state index contributed by atoms with van der Waals surface area (Å²) >= 11 is 1.09. The van der Waals surface area contributed by atoms with Gasteiger partial charge in [-0.05, 0) is 49.4 Å². The number of hydrogen-bond acceptors (Lipinski definition) is 8. The Labute approximate surface area is 247 Å². The molecule has 0 radical (unpaired) electrons.